The van der Waals surface area contributed by atoms with Crippen LogP contribution in [-0.4, -0.2) is 34.7 Å². The van der Waals surface area contributed by atoms with Gasteiger partial charge in [-0.3, -0.25) is 4.79 Å². The van der Waals surface area contributed by atoms with Crippen LogP contribution in [0, 0.1) is 5.92 Å². The molecule has 0 bridgehead atoms. The fourth-order valence-electron chi connectivity index (χ4n) is 3.44. The Morgan fingerprint density at radius 3 is 2.24 bits per heavy atom. The number of hydrogen-bond acceptors (Lipinski definition) is 3. The minimum Gasteiger partial charge on any atom is -0.393 e. The Labute approximate surface area is 149 Å². The monoisotopic (exact) mass is 339 g/mol. The molecule has 1 heterocycles. The molecular formula is C21H25NO3. The van der Waals surface area contributed by atoms with E-state index in [0.717, 1.165) is 17.5 Å². The third kappa shape index (κ3) is 4.27. The van der Waals surface area contributed by atoms with Crippen molar-refractivity contribution in [2.75, 3.05) is 6.61 Å². The Hall–Kier alpha value is -2.17. The maximum absolute atomic E-state index is 12.4. The lowest BCUT2D eigenvalue weighted by molar-refractivity contribution is -0.166. The molecule has 3 rings (SSSR count). The number of carbonyl (C=O) groups excluding carboxylic acids is 1. The Morgan fingerprint density at radius 2 is 1.64 bits per heavy atom. The highest BCUT2D eigenvalue weighted by Gasteiger charge is 2.48. The first-order valence-corrected chi connectivity index (χ1v) is 8.81. The molecule has 4 nitrogen and oxygen atoms in total. The molecule has 2 aromatic rings. The Balaban J connectivity index is 1.54. The summed E-state index contributed by atoms with van der Waals surface area (Å²) < 4.78 is 5.77. The third-order valence-corrected chi connectivity index (χ3v) is 4.77. The molecule has 0 aliphatic carbocycles. The van der Waals surface area contributed by atoms with E-state index >= 15 is 0 Å². The van der Waals surface area contributed by atoms with Crippen LogP contribution in [0.1, 0.15) is 24.5 Å². The van der Waals surface area contributed by atoms with Gasteiger partial charge in [-0.2, -0.15) is 0 Å². The number of hydrogen-bond donors (Lipinski definition) is 1. The minimum absolute atomic E-state index is 0.0310. The SMILES string of the molecule is C[C@@H](O)[C@H]1C(=O)N(Cc2ccccc2)[C@@H]1CCOCc1ccccc1. The highest BCUT2D eigenvalue weighted by atomic mass is 16.5. The number of aliphatic hydroxyl groups is 1. The van der Waals surface area contributed by atoms with Crippen molar-refractivity contribution in [3.8, 4) is 0 Å². The first kappa shape index (κ1) is 17.6. The van der Waals surface area contributed by atoms with Gasteiger partial charge in [0, 0.05) is 19.2 Å². The highest BCUT2D eigenvalue weighted by molar-refractivity contribution is 5.86. The second-order valence-corrected chi connectivity index (χ2v) is 6.61. The summed E-state index contributed by atoms with van der Waals surface area (Å²) in [6.07, 6.45) is 0.111. The normalized spacial score (nSPS) is 21.0. The first-order valence-electron chi connectivity index (χ1n) is 8.81. The fraction of sp³-hybridized carbons (Fsp3) is 0.381. The van der Waals surface area contributed by atoms with Crippen molar-refractivity contribution in [3.63, 3.8) is 0 Å². The number of amides is 1. The van der Waals surface area contributed by atoms with E-state index < -0.39 is 6.10 Å². The number of aliphatic hydroxyl groups excluding tert-OH is 1. The van der Waals surface area contributed by atoms with Crippen LogP contribution in [0.5, 0.6) is 0 Å². The van der Waals surface area contributed by atoms with E-state index in [1.807, 2.05) is 65.6 Å². The van der Waals surface area contributed by atoms with Crippen molar-refractivity contribution in [2.24, 2.45) is 5.92 Å². The zero-order chi connectivity index (χ0) is 17.6. The van der Waals surface area contributed by atoms with Crippen molar-refractivity contribution in [1.29, 1.82) is 0 Å². The molecule has 1 saturated heterocycles. The number of ether oxygens (including phenoxy) is 1. The Kier molecular flexibility index (Phi) is 5.84. The second kappa shape index (κ2) is 8.28. The summed E-state index contributed by atoms with van der Waals surface area (Å²) in [5.41, 5.74) is 2.25. The molecular weight excluding hydrogens is 314 g/mol. The number of β-lactam (4-membered cyclic amide) rings is 1. The van der Waals surface area contributed by atoms with Gasteiger partial charge in [-0.15, -0.1) is 0 Å². The van der Waals surface area contributed by atoms with Gasteiger partial charge < -0.3 is 14.7 Å². The summed E-state index contributed by atoms with van der Waals surface area (Å²) >= 11 is 0. The van der Waals surface area contributed by atoms with Crippen LogP contribution in [-0.2, 0) is 22.7 Å². The van der Waals surface area contributed by atoms with Gasteiger partial charge >= 0.3 is 0 Å². The summed E-state index contributed by atoms with van der Waals surface area (Å²) in [6, 6.07) is 20.0. The van der Waals surface area contributed by atoms with Crippen LogP contribution in [0.3, 0.4) is 0 Å². The molecule has 1 aliphatic rings. The summed E-state index contributed by atoms with van der Waals surface area (Å²) in [5.74, 6) is -0.282. The molecule has 0 radical (unpaired) electrons. The molecule has 4 heteroatoms. The van der Waals surface area contributed by atoms with Gasteiger partial charge in [0.1, 0.15) is 0 Å². The van der Waals surface area contributed by atoms with Crippen molar-refractivity contribution >= 4 is 5.91 Å². The molecule has 2 aromatic carbocycles. The number of carbonyl (C=O) groups is 1. The van der Waals surface area contributed by atoms with Crippen LogP contribution in [0.2, 0.25) is 0 Å². The van der Waals surface area contributed by atoms with Gasteiger partial charge in [0.05, 0.1) is 18.6 Å². The number of benzene rings is 2. The zero-order valence-corrected chi connectivity index (χ0v) is 14.5. The van der Waals surface area contributed by atoms with Crippen LogP contribution in [0.25, 0.3) is 0 Å². The predicted molar refractivity (Wildman–Crippen MR) is 96.7 cm³/mol. The maximum atomic E-state index is 12.4. The third-order valence-electron chi connectivity index (χ3n) is 4.77. The molecule has 132 valence electrons. The van der Waals surface area contributed by atoms with Crippen LogP contribution in [0.4, 0.5) is 0 Å². The molecule has 1 N–H and O–H groups in total. The largest absolute Gasteiger partial charge is 0.393 e. The molecule has 0 spiro atoms. The maximum Gasteiger partial charge on any atom is 0.230 e. The van der Waals surface area contributed by atoms with Crippen LogP contribution >= 0.6 is 0 Å². The summed E-state index contributed by atoms with van der Waals surface area (Å²) in [5, 5.41) is 9.94. The predicted octanol–water partition coefficient (Wildman–Crippen LogP) is 3.00. The number of likely N-dealkylation sites (tertiary alicyclic amines) is 1. The Morgan fingerprint density at radius 1 is 1.04 bits per heavy atom. The molecule has 1 fully saturated rings. The quantitative estimate of drug-likeness (QED) is 0.594. The van der Waals surface area contributed by atoms with Gasteiger partial charge in [-0.25, -0.2) is 0 Å². The number of nitrogens with zero attached hydrogens (tertiary/aromatic N) is 1. The molecule has 3 atom stereocenters. The fourth-order valence-corrected chi connectivity index (χ4v) is 3.44. The molecule has 25 heavy (non-hydrogen) atoms. The average Bonchev–Trinajstić information content (AvgIpc) is 2.63. The van der Waals surface area contributed by atoms with E-state index in [2.05, 4.69) is 0 Å². The van der Waals surface area contributed by atoms with E-state index in [0.29, 0.717) is 19.8 Å². The molecule has 0 saturated carbocycles. The molecule has 1 amide bonds. The average molecular weight is 339 g/mol. The van der Waals surface area contributed by atoms with Crippen LogP contribution < -0.4 is 0 Å². The number of rotatable bonds is 8. The van der Waals surface area contributed by atoms with E-state index in [4.69, 9.17) is 4.74 Å². The van der Waals surface area contributed by atoms with Crippen molar-refractivity contribution < 1.29 is 14.6 Å². The summed E-state index contributed by atoms with van der Waals surface area (Å²) in [6.45, 7) is 3.42. The van der Waals surface area contributed by atoms with E-state index in [9.17, 15) is 9.90 Å². The van der Waals surface area contributed by atoms with Gasteiger partial charge in [0.15, 0.2) is 0 Å². The van der Waals surface area contributed by atoms with E-state index in [1.54, 1.807) is 6.92 Å². The molecule has 1 aliphatic heterocycles. The lowest BCUT2D eigenvalue weighted by atomic mass is 9.81. The smallest absolute Gasteiger partial charge is 0.230 e. The highest BCUT2D eigenvalue weighted by Crippen LogP contribution is 2.33. The lowest BCUT2D eigenvalue weighted by Crippen LogP contribution is -2.63. The zero-order valence-electron chi connectivity index (χ0n) is 14.5. The van der Waals surface area contributed by atoms with Gasteiger partial charge in [-0.05, 0) is 24.5 Å². The van der Waals surface area contributed by atoms with E-state index in [1.165, 1.54) is 0 Å². The lowest BCUT2D eigenvalue weighted by Gasteiger charge is -2.48. The summed E-state index contributed by atoms with van der Waals surface area (Å²) in [7, 11) is 0. The molecule has 0 aromatic heterocycles. The van der Waals surface area contributed by atoms with Gasteiger partial charge in [0.25, 0.3) is 0 Å². The van der Waals surface area contributed by atoms with E-state index in [-0.39, 0.29) is 17.9 Å². The standard InChI is InChI=1S/C21H25NO3/c1-16(23)20-19(12-13-25-15-18-10-6-3-7-11-18)22(21(20)24)14-17-8-4-2-5-9-17/h2-11,16,19-20,23H,12-15H2,1H3/t16-,19-,20-/m1/s1. The van der Waals surface area contributed by atoms with Gasteiger partial charge in [0.2, 0.25) is 5.91 Å². The minimum atomic E-state index is -0.626. The summed E-state index contributed by atoms with van der Waals surface area (Å²) in [4.78, 5) is 14.3. The molecule has 0 unspecified atom stereocenters. The topological polar surface area (TPSA) is 49.8 Å². The van der Waals surface area contributed by atoms with Gasteiger partial charge in [-0.1, -0.05) is 60.7 Å². The first-order chi connectivity index (χ1) is 12.2. The second-order valence-electron chi connectivity index (χ2n) is 6.61. The van der Waals surface area contributed by atoms with Crippen molar-refractivity contribution in [1.82, 2.24) is 4.90 Å². The Bertz CT molecular complexity index is 672. The van der Waals surface area contributed by atoms with Crippen molar-refractivity contribution in [2.45, 2.75) is 38.6 Å². The van der Waals surface area contributed by atoms with Crippen molar-refractivity contribution in [3.05, 3.63) is 71.8 Å². The van der Waals surface area contributed by atoms with Crippen LogP contribution in [0.15, 0.2) is 60.7 Å².